The second kappa shape index (κ2) is 13.5. The van der Waals surface area contributed by atoms with Gasteiger partial charge < -0.3 is 28.7 Å². The summed E-state index contributed by atoms with van der Waals surface area (Å²) in [6.07, 6.45) is -1.31. The molecule has 6 nitrogen and oxygen atoms in total. The maximum Gasteiger partial charge on any atom is 0.638 e. The maximum atomic E-state index is 13.1. The highest BCUT2D eigenvalue weighted by atomic mass is 127. The van der Waals surface area contributed by atoms with E-state index in [2.05, 4.69) is 14.0 Å². The van der Waals surface area contributed by atoms with Gasteiger partial charge in [0.05, 0.1) is 15.8 Å². The molecule has 0 spiro atoms. The molecule has 176 valence electrons. The third-order valence-electron chi connectivity index (χ3n) is 4.19. The monoisotopic (exact) mass is 572 g/mol. The van der Waals surface area contributed by atoms with Crippen molar-refractivity contribution < 1.29 is 46.3 Å². The molecule has 0 radical (unpaired) electrons. The van der Waals surface area contributed by atoms with Crippen molar-refractivity contribution in [1.82, 2.24) is 0 Å². The minimum Gasteiger partial charge on any atom is -0.423 e. The van der Waals surface area contributed by atoms with E-state index in [0.717, 1.165) is 18.2 Å². The Morgan fingerprint density at radius 1 is 1.00 bits per heavy atom. The van der Waals surface area contributed by atoms with Gasteiger partial charge in [0.25, 0.3) is 0 Å². The van der Waals surface area contributed by atoms with E-state index in [9.17, 15) is 22.6 Å². The predicted octanol–water partition coefficient (Wildman–Crippen LogP) is 3.28. The summed E-state index contributed by atoms with van der Waals surface area (Å²) < 4.78 is 70.3. The van der Waals surface area contributed by atoms with Crippen LogP contribution in [0.4, 0.5) is 17.6 Å². The first-order valence-electron chi connectivity index (χ1n) is 9.19. The van der Waals surface area contributed by atoms with E-state index in [1.807, 2.05) is 0 Å². The number of rotatable bonds is 4. The Balaban J connectivity index is 0.000000252. The molecule has 0 saturated heterocycles. The summed E-state index contributed by atoms with van der Waals surface area (Å²) >= 11 is 1.74. The second-order valence-corrected chi connectivity index (χ2v) is 7.56. The van der Waals surface area contributed by atoms with Gasteiger partial charge in [0, 0.05) is 38.9 Å². The maximum absolute atomic E-state index is 13.1. The Labute approximate surface area is 198 Å². The first-order chi connectivity index (χ1) is 15.0. The zero-order valence-electron chi connectivity index (χ0n) is 18.0. The number of benzene rings is 2. The summed E-state index contributed by atoms with van der Waals surface area (Å²) in [5.41, 5.74) is 0.715. The lowest BCUT2D eigenvalue weighted by Gasteiger charge is -2.07. The topological polar surface area (TPSA) is 77.4 Å². The number of hydrogen-bond acceptors (Lipinski definition) is 6. The molecule has 1 aliphatic rings. The fourth-order valence-corrected chi connectivity index (χ4v) is 3.47. The average Bonchev–Trinajstić information content (AvgIpc) is 3.00. The van der Waals surface area contributed by atoms with Crippen LogP contribution in [0.5, 0.6) is 0 Å². The van der Waals surface area contributed by atoms with Crippen molar-refractivity contribution in [3.63, 3.8) is 0 Å². The second-order valence-electron chi connectivity index (χ2n) is 6.48. The molecule has 2 N–H and O–H groups in total. The molecular formula is C19H23B2F4IO6. The van der Waals surface area contributed by atoms with Crippen LogP contribution < -0.4 is 5.46 Å². The normalized spacial score (nSPS) is 15.2. The van der Waals surface area contributed by atoms with Gasteiger partial charge in [-0.05, 0) is 59.7 Å². The molecule has 32 heavy (non-hydrogen) atoms. The van der Waals surface area contributed by atoms with E-state index in [-0.39, 0.29) is 14.6 Å². The first kappa shape index (κ1) is 28.8. The lowest BCUT2D eigenvalue weighted by Crippen LogP contribution is -2.31. The first-order valence-corrected chi connectivity index (χ1v) is 10.3. The summed E-state index contributed by atoms with van der Waals surface area (Å²) in [6, 6.07) is 3.85. The molecular weight excluding hydrogens is 549 g/mol. The third kappa shape index (κ3) is 7.97. The predicted molar refractivity (Wildman–Crippen MR) is 120 cm³/mol. The molecule has 2 unspecified atom stereocenters. The lowest BCUT2D eigenvalue weighted by molar-refractivity contribution is 0.163. The van der Waals surface area contributed by atoms with Crippen LogP contribution in [0, 0.1) is 26.8 Å². The summed E-state index contributed by atoms with van der Waals surface area (Å²) in [5, 5.41) is 18.4. The Bertz CT molecular complexity index is 884. The minimum absolute atomic E-state index is 0.0499. The minimum atomic E-state index is -1.27. The standard InChI is InChI=1S/C8H7BF2O2.C8H7F2IO.C3H9BO3/c1-4-6-2-5(10)3-7(11)8(6)9(12)13-4;1-4(12)6-2-5(9)3-7(10)8(6)11;1-5-4(6-2)7-3/h2-4,12H,1H3;2-4,12H,1H3;1-3H3. The highest BCUT2D eigenvalue weighted by molar-refractivity contribution is 14.1. The Morgan fingerprint density at radius 3 is 1.97 bits per heavy atom. The summed E-state index contributed by atoms with van der Waals surface area (Å²) in [7, 11) is 2.75. The van der Waals surface area contributed by atoms with Crippen molar-refractivity contribution in [2.45, 2.75) is 26.1 Å². The van der Waals surface area contributed by atoms with Crippen molar-refractivity contribution in [2.75, 3.05) is 21.3 Å². The van der Waals surface area contributed by atoms with Crippen molar-refractivity contribution in [2.24, 2.45) is 0 Å². The largest absolute Gasteiger partial charge is 0.638 e. The van der Waals surface area contributed by atoms with Crippen molar-refractivity contribution in [1.29, 1.82) is 0 Å². The molecule has 1 heterocycles. The molecule has 0 aromatic heterocycles. The van der Waals surface area contributed by atoms with Gasteiger partial charge in [-0.15, -0.1) is 0 Å². The van der Waals surface area contributed by atoms with Crippen LogP contribution in [0.15, 0.2) is 24.3 Å². The summed E-state index contributed by atoms with van der Waals surface area (Å²) in [5.74, 6) is -2.71. The van der Waals surface area contributed by atoms with Crippen LogP contribution >= 0.6 is 22.6 Å². The average molecular weight is 572 g/mol. The van der Waals surface area contributed by atoms with Crippen LogP contribution in [-0.2, 0) is 18.6 Å². The van der Waals surface area contributed by atoms with Gasteiger partial charge in [-0.3, -0.25) is 0 Å². The fraction of sp³-hybridized carbons (Fsp3) is 0.368. The SMILES string of the molecule is CC(O)c1cc(F)cc(F)c1I.CC1OB(O)c2c(F)cc(F)cc21.COB(OC)OC. The van der Waals surface area contributed by atoms with Gasteiger partial charge in [-0.2, -0.15) is 0 Å². The quantitative estimate of drug-likeness (QED) is 0.254. The summed E-state index contributed by atoms with van der Waals surface area (Å²) in [4.78, 5) is 0. The lowest BCUT2D eigenvalue weighted by atomic mass is 9.79. The van der Waals surface area contributed by atoms with Crippen molar-refractivity contribution in [3.8, 4) is 0 Å². The van der Waals surface area contributed by atoms with Gasteiger partial charge >= 0.3 is 14.4 Å². The van der Waals surface area contributed by atoms with E-state index < -0.39 is 49.9 Å². The molecule has 0 bridgehead atoms. The van der Waals surface area contributed by atoms with E-state index in [4.69, 9.17) is 9.76 Å². The van der Waals surface area contributed by atoms with E-state index >= 15 is 0 Å². The van der Waals surface area contributed by atoms with Crippen LogP contribution in [0.2, 0.25) is 0 Å². The molecule has 1 aliphatic heterocycles. The number of halogens is 5. The number of fused-ring (bicyclic) bond motifs is 1. The Kier molecular flexibility index (Phi) is 12.1. The van der Waals surface area contributed by atoms with Gasteiger partial charge in [-0.1, -0.05) is 0 Å². The van der Waals surface area contributed by atoms with E-state index in [0.29, 0.717) is 5.56 Å². The van der Waals surface area contributed by atoms with E-state index in [1.165, 1.54) is 34.3 Å². The van der Waals surface area contributed by atoms with Crippen LogP contribution in [-0.4, -0.2) is 45.9 Å². The smallest absolute Gasteiger partial charge is 0.423 e. The van der Waals surface area contributed by atoms with Gasteiger partial charge in [0.1, 0.15) is 23.3 Å². The highest BCUT2D eigenvalue weighted by Gasteiger charge is 2.35. The molecule has 0 saturated carbocycles. The fourth-order valence-electron chi connectivity index (χ4n) is 2.70. The summed E-state index contributed by atoms with van der Waals surface area (Å²) in [6.45, 7) is 3.10. The van der Waals surface area contributed by atoms with Gasteiger partial charge in [0.15, 0.2) is 0 Å². The van der Waals surface area contributed by atoms with Crippen LogP contribution in [0.3, 0.4) is 0 Å². The third-order valence-corrected chi connectivity index (χ3v) is 5.33. The van der Waals surface area contributed by atoms with Gasteiger partial charge in [-0.25, -0.2) is 17.6 Å². The molecule has 2 aromatic carbocycles. The van der Waals surface area contributed by atoms with Crippen LogP contribution in [0.25, 0.3) is 0 Å². The molecule has 0 fully saturated rings. The number of hydrogen-bond donors (Lipinski definition) is 2. The molecule has 0 aliphatic carbocycles. The Hall–Kier alpha value is -1.22. The van der Waals surface area contributed by atoms with Gasteiger partial charge in [0.2, 0.25) is 0 Å². The van der Waals surface area contributed by atoms with Crippen molar-refractivity contribution >= 4 is 42.5 Å². The number of aliphatic hydroxyl groups is 1. The van der Waals surface area contributed by atoms with Crippen LogP contribution in [0.1, 0.15) is 37.2 Å². The number of aliphatic hydroxyl groups excluding tert-OH is 1. The molecule has 0 amide bonds. The molecule has 3 rings (SSSR count). The Morgan fingerprint density at radius 2 is 1.50 bits per heavy atom. The molecule has 2 atom stereocenters. The zero-order valence-corrected chi connectivity index (χ0v) is 20.2. The zero-order chi connectivity index (χ0) is 24.6. The highest BCUT2D eigenvalue weighted by Crippen LogP contribution is 2.25. The molecule has 13 heteroatoms. The van der Waals surface area contributed by atoms with Crippen molar-refractivity contribution in [3.05, 3.63) is 62.2 Å². The molecule has 2 aromatic rings. The van der Waals surface area contributed by atoms with E-state index in [1.54, 1.807) is 29.5 Å².